The van der Waals surface area contributed by atoms with Gasteiger partial charge in [0.1, 0.15) is 0 Å². The van der Waals surface area contributed by atoms with Crippen LogP contribution < -0.4 is 0 Å². The largest absolute Gasteiger partial charge is 0.394 e. The van der Waals surface area contributed by atoms with E-state index < -0.39 is 0 Å². The zero-order chi connectivity index (χ0) is 14.0. The Bertz CT molecular complexity index is 599. The summed E-state index contributed by atoms with van der Waals surface area (Å²) in [5, 5.41) is 9.13. The minimum atomic E-state index is -0.0137. The van der Waals surface area contributed by atoms with Gasteiger partial charge in [0.05, 0.1) is 12.6 Å². The molecule has 0 bridgehead atoms. The number of hydrogen-bond donors (Lipinski definition) is 1. The molecule has 0 fully saturated rings. The third-order valence-corrected chi connectivity index (χ3v) is 3.39. The van der Waals surface area contributed by atoms with Crippen LogP contribution in [0.3, 0.4) is 0 Å². The number of carbonyl (C=O) groups is 1. The Hall–Kier alpha value is -1.87. The van der Waals surface area contributed by atoms with Gasteiger partial charge in [-0.2, -0.15) is 0 Å². The minimum Gasteiger partial charge on any atom is -0.394 e. The molecule has 100 valence electrons. The van der Waals surface area contributed by atoms with E-state index in [1.807, 2.05) is 49.7 Å². The van der Waals surface area contributed by atoms with Gasteiger partial charge in [-0.05, 0) is 38.5 Å². The molecule has 1 heterocycles. The lowest BCUT2D eigenvalue weighted by atomic mass is 9.99. The highest BCUT2D eigenvalue weighted by molar-refractivity contribution is 6.09. The highest BCUT2D eigenvalue weighted by Gasteiger charge is 2.14. The molecule has 2 rings (SSSR count). The predicted molar refractivity (Wildman–Crippen MR) is 75.6 cm³/mol. The molecule has 0 aliphatic rings. The Balaban J connectivity index is 2.34. The molecule has 19 heavy (non-hydrogen) atoms. The van der Waals surface area contributed by atoms with Gasteiger partial charge in [-0.25, -0.2) is 0 Å². The van der Waals surface area contributed by atoms with Crippen LogP contribution in [0.5, 0.6) is 0 Å². The van der Waals surface area contributed by atoms with Crippen molar-refractivity contribution < 1.29 is 9.90 Å². The van der Waals surface area contributed by atoms with Gasteiger partial charge in [0.2, 0.25) is 0 Å². The number of nitrogens with zero attached hydrogens (tertiary/aromatic N) is 1. The first-order valence-corrected chi connectivity index (χ1v) is 6.43. The smallest absolute Gasteiger partial charge is 0.194 e. The lowest BCUT2D eigenvalue weighted by molar-refractivity contribution is 0.103. The van der Waals surface area contributed by atoms with Gasteiger partial charge in [0.25, 0.3) is 0 Å². The Labute approximate surface area is 113 Å². The van der Waals surface area contributed by atoms with Crippen molar-refractivity contribution >= 4 is 5.78 Å². The highest BCUT2D eigenvalue weighted by atomic mass is 16.3. The Kier molecular flexibility index (Phi) is 3.86. The number of carbonyl (C=O) groups excluding carboxylic acids is 1. The summed E-state index contributed by atoms with van der Waals surface area (Å²) in [6, 6.07) is 7.68. The first kappa shape index (κ1) is 13.6. The summed E-state index contributed by atoms with van der Waals surface area (Å²) in [5.74, 6) is 0.0325. The molecule has 1 atom stereocenters. The first-order chi connectivity index (χ1) is 9.02. The number of ketones is 1. The maximum Gasteiger partial charge on any atom is 0.194 e. The average molecular weight is 257 g/mol. The van der Waals surface area contributed by atoms with Crippen molar-refractivity contribution in [2.24, 2.45) is 0 Å². The summed E-state index contributed by atoms with van der Waals surface area (Å²) in [6.45, 7) is 5.90. The molecule has 1 N–H and O–H groups in total. The second-order valence-corrected chi connectivity index (χ2v) is 5.03. The molecule has 0 amide bonds. The van der Waals surface area contributed by atoms with Crippen LogP contribution in [0, 0.1) is 13.8 Å². The summed E-state index contributed by atoms with van der Waals surface area (Å²) in [6.07, 6.45) is 3.63. The number of benzene rings is 1. The van der Waals surface area contributed by atoms with E-state index in [4.69, 9.17) is 5.11 Å². The molecule has 3 heteroatoms. The number of hydrogen-bond acceptors (Lipinski definition) is 2. The fourth-order valence-electron chi connectivity index (χ4n) is 2.05. The second-order valence-electron chi connectivity index (χ2n) is 5.03. The van der Waals surface area contributed by atoms with Crippen molar-refractivity contribution in [3.05, 3.63) is 58.9 Å². The molecule has 0 spiro atoms. The van der Waals surface area contributed by atoms with Crippen LogP contribution in [-0.2, 0) is 0 Å². The molecule has 1 aromatic heterocycles. The van der Waals surface area contributed by atoms with E-state index in [2.05, 4.69) is 0 Å². The molecule has 1 aromatic carbocycles. The van der Waals surface area contributed by atoms with E-state index in [0.29, 0.717) is 5.56 Å². The third-order valence-electron chi connectivity index (χ3n) is 3.39. The molecule has 0 aliphatic carbocycles. The van der Waals surface area contributed by atoms with Crippen molar-refractivity contribution in [2.75, 3.05) is 6.61 Å². The molecule has 0 saturated heterocycles. The lowest BCUT2D eigenvalue weighted by Crippen LogP contribution is -2.07. The Morgan fingerprint density at radius 3 is 2.74 bits per heavy atom. The van der Waals surface area contributed by atoms with Gasteiger partial charge < -0.3 is 9.67 Å². The zero-order valence-corrected chi connectivity index (χ0v) is 11.6. The van der Waals surface area contributed by atoms with Gasteiger partial charge in [-0.15, -0.1) is 0 Å². The minimum absolute atomic E-state index is 0.0137. The van der Waals surface area contributed by atoms with E-state index in [1.54, 1.807) is 12.3 Å². The fraction of sp³-hybridized carbons (Fsp3) is 0.312. The molecule has 0 unspecified atom stereocenters. The van der Waals surface area contributed by atoms with Crippen LogP contribution >= 0.6 is 0 Å². The van der Waals surface area contributed by atoms with Gasteiger partial charge in [0.15, 0.2) is 5.78 Å². The van der Waals surface area contributed by atoms with Gasteiger partial charge in [-0.3, -0.25) is 4.79 Å². The number of aliphatic hydroxyl groups is 1. The van der Waals surface area contributed by atoms with Gasteiger partial charge in [0, 0.05) is 23.5 Å². The molecule has 0 saturated carbocycles. The normalized spacial score (nSPS) is 12.4. The van der Waals surface area contributed by atoms with Crippen molar-refractivity contribution in [1.29, 1.82) is 0 Å². The van der Waals surface area contributed by atoms with Crippen LogP contribution in [-0.4, -0.2) is 22.1 Å². The summed E-state index contributed by atoms with van der Waals surface area (Å²) in [7, 11) is 0. The van der Waals surface area contributed by atoms with Crippen LogP contribution in [0.25, 0.3) is 0 Å². The summed E-state index contributed by atoms with van der Waals surface area (Å²) in [5.41, 5.74) is 3.47. The zero-order valence-electron chi connectivity index (χ0n) is 11.6. The monoisotopic (exact) mass is 257 g/mol. The third kappa shape index (κ3) is 2.76. The van der Waals surface area contributed by atoms with Crippen molar-refractivity contribution in [3.63, 3.8) is 0 Å². The van der Waals surface area contributed by atoms with Gasteiger partial charge in [-0.1, -0.05) is 17.7 Å². The maximum absolute atomic E-state index is 12.5. The molecule has 2 aromatic rings. The molecule has 0 aliphatic heterocycles. The number of aromatic nitrogens is 1. The van der Waals surface area contributed by atoms with E-state index in [0.717, 1.165) is 16.7 Å². The van der Waals surface area contributed by atoms with E-state index in [9.17, 15) is 4.79 Å². The van der Waals surface area contributed by atoms with E-state index in [1.165, 1.54) is 0 Å². The van der Waals surface area contributed by atoms with Crippen molar-refractivity contribution in [2.45, 2.75) is 26.8 Å². The van der Waals surface area contributed by atoms with Crippen molar-refractivity contribution in [1.82, 2.24) is 4.57 Å². The van der Waals surface area contributed by atoms with E-state index in [-0.39, 0.29) is 18.4 Å². The Morgan fingerprint density at radius 2 is 2.05 bits per heavy atom. The fourth-order valence-corrected chi connectivity index (χ4v) is 2.05. The molecule has 0 radical (unpaired) electrons. The lowest BCUT2D eigenvalue weighted by Gasteiger charge is -2.09. The predicted octanol–water partition coefficient (Wildman–Crippen LogP) is 2.89. The average Bonchev–Trinajstić information content (AvgIpc) is 2.89. The number of rotatable bonds is 4. The SMILES string of the molecule is Cc1ccc(C)c(C(=O)c2ccn([C@@H](C)CO)c2)c1. The summed E-state index contributed by atoms with van der Waals surface area (Å²) >= 11 is 0. The van der Waals surface area contributed by atoms with Crippen LogP contribution in [0.15, 0.2) is 36.7 Å². The van der Waals surface area contributed by atoms with Crippen molar-refractivity contribution in [3.8, 4) is 0 Å². The quantitative estimate of drug-likeness (QED) is 0.856. The Morgan fingerprint density at radius 1 is 1.32 bits per heavy atom. The van der Waals surface area contributed by atoms with Crippen LogP contribution in [0.4, 0.5) is 0 Å². The topological polar surface area (TPSA) is 42.2 Å². The van der Waals surface area contributed by atoms with E-state index >= 15 is 0 Å². The molecular weight excluding hydrogens is 238 g/mol. The standard InChI is InChI=1S/C16H19NO2/c1-11-4-5-12(2)15(8-11)16(19)14-6-7-17(9-14)13(3)10-18/h4-9,13,18H,10H2,1-3H3/t13-/m0/s1. The number of aryl methyl sites for hydroxylation is 2. The maximum atomic E-state index is 12.5. The second kappa shape index (κ2) is 5.41. The number of aliphatic hydroxyl groups excluding tert-OH is 1. The molecule has 3 nitrogen and oxygen atoms in total. The first-order valence-electron chi connectivity index (χ1n) is 6.43. The van der Waals surface area contributed by atoms with Crippen LogP contribution in [0.2, 0.25) is 0 Å². The van der Waals surface area contributed by atoms with Gasteiger partial charge >= 0.3 is 0 Å². The molecular formula is C16H19NO2. The highest BCUT2D eigenvalue weighted by Crippen LogP contribution is 2.17. The summed E-state index contributed by atoms with van der Waals surface area (Å²) in [4.78, 5) is 12.5. The summed E-state index contributed by atoms with van der Waals surface area (Å²) < 4.78 is 1.86. The van der Waals surface area contributed by atoms with Crippen LogP contribution in [0.1, 0.15) is 40.0 Å².